The number of hydrogen-bond acceptors (Lipinski definition) is 4. The van der Waals surface area contributed by atoms with Gasteiger partial charge in [0.2, 0.25) is 0 Å². The number of nitrogens with zero attached hydrogens (tertiary/aromatic N) is 2. The largest absolute Gasteiger partial charge is 0.269 e. The monoisotopic (exact) mass is 360 g/mol. The first-order chi connectivity index (χ1) is 12.7. The van der Waals surface area contributed by atoms with E-state index in [1.54, 1.807) is 23.9 Å². The Kier molecular flexibility index (Phi) is 4.54. The van der Waals surface area contributed by atoms with Crippen molar-refractivity contribution in [3.05, 3.63) is 100 Å². The average molecular weight is 360 g/mol. The summed E-state index contributed by atoms with van der Waals surface area (Å²) in [7, 11) is 0. The lowest BCUT2D eigenvalue weighted by molar-refractivity contribution is -0.384. The number of para-hydroxylation sites is 1. The summed E-state index contributed by atoms with van der Waals surface area (Å²) in [5, 5.41) is 11.1. The van der Waals surface area contributed by atoms with Gasteiger partial charge in [0.15, 0.2) is 0 Å². The number of hydrogen-bond donors (Lipinski definition) is 0. The molecule has 0 unspecified atom stereocenters. The van der Waals surface area contributed by atoms with Gasteiger partial charge in [-0.05, 0) is 23.3 Å². The van der Waals surface area contributed by atoms with Crippen LogP contribution in [0.15, 0.2) is 88.8 Å². The highest BCUT2D eigenvalue weighted by atomic mass is 32.2. The molecule has 5 heteroatoms. The van der Waals surface area contributed by atoms with Crippen molar-refractivity contribution in [1.82, 2.24) is 0 Å². The number of fused-ring (bicyclic) bond motifs is 1. The third-order valence-electron chi connectivity index (χ3n) is 4.35. The van der Waals surface area contributed by atoms with E-state index in [0.29, 0.717) is 0 Å². The van der Waals surface area contributed by atoms with Crippen molar-refractivity contribution in [3.63, 3.8) is 0 Å². The van der Waals surface area contributed by atoms with Crippen LogP contribution in [0.25, 0.3) is 0 Å². The van der Waals surface area contributed by atoms with Gasteiger partial charge in [0, 0.05) is 34.4 Å². The molecule has 0 saturated carbocycles. The van der Waals surface area contributed by atoms with Crippen LogP contribution < -0.4 is 0 Å². The molecule has 26 heavy (non-hydrogen) atoms. The van der Waals surface area contributed by atoms with Crippen LogP contribution in [0.1, 0.15) is 22.8 Å². The van der Waals surface area contributed by atoms with E-state index in [2.05, 4.69) is 18.2 Å². The van der Waals surface area contributed by atoms with E-state index in [-0.39, 0.29) is 15.9 Å². The first-order valence-corrected chi connectivity index (χ1v) is 9.22. The normalized spacial score (nSPS) is 16.3. The molecule has 128 valence electrons. The van der Waals surface area contributed by atoms with Gasteiger partial charge in [-0.3, -0.25) is 15.1 Å². The lowest BCUT2D eigenvalue weighted by Crippen LogP contribution is -2.05. The molecular formula is C21H16N2O2S. The van der Waals surface area contributed by atoms with Gasteiger partial charge >= 0.3 is 0 Å². The summed E-state index contributed by atoms with van der Waals surface area (Å²) in [5.41, 5.74) is 4.30. The molecule has 1 atom stereocenters. The third kappa shape index (κ3) is 3.39. The van der Waals surface area contributed by atoms with Gasteiger partial charge in [-0.2, -0.15) is 0 Å². The number of aliphatic imine (C=N–C) groups is 1. The standard InChI is InChI=1S/C21H16N2O2S/c24-23(25)17-12-10-16(11-13-17)21-14-19(15-6-2-1-3-7-15)22-18-8-4-5-9-20(18)26-21/h1-13,21H,14H2/t21-/m1/s1. The van der Waals surface area contributed by atoms with Crippen LogP contribution in [0, 0.1) is 10.1 Å². The zero-order valence-electron chi connectivity index (χ0n) is 13.9. The van der Waals surface area contributed by atoms with Crippen molar-refractivity contribution < 1.29 is 4.92 Å². The SMILES string of the molecule is O=[N+]([O-])c1ccc([C@H]2CC(c3ccccc3)=Nc3ccccc3S2)cc1. The van der Waals surface area contributed by atoms with Crippen LogP contribution in [0.2, 0.25) is 0 Å². The summed E-state index contributed by atoms with van der Waals surface area (Å²) >= 11 is 1.76. The van der Waals surface area contributed by atoms with E-state index < -0.39 is 0 Å². The van der Waals surface area contributed by atoms with Crippen LogP contribution >= 0.6 is 11.8 Å². The Bertz CT molecular complexity index is 969. The van der Waals surface area contributed by atoms with Gasteiger partial charge in [0.05, 0.1) is 10.6 Å². The Morgan fingerprint density at radius 2 is 1.62 bits per heavy atom. The number of non-ortho nitro benzene ring substituents is 1. The minimum atomic E-state index is -0.365. The van der Waals surface area contributed by atoms with Crippen molar-refractivity contribution >= 4 is 28.8 Å². The number of nitro groups is 1. The van der Waals surface area contributed by atoms with Crippen molar-refractivity contribution in [1.29, 1.82) is 0 Å². The Morgan fingerprint density at radius 3 is 2.35 bits per heavy atom. The van der Waals surface area contributed by atoms with Gasteiger partial charge < -0.3 is 0 Å². The third-order valence-corrected chi connectivity index (χ3v) is 5.67. The Hall–Kier alpha value is -2.92. The van der Waals surface area contributed by atoms with Gasteiger partial charge in [-0.25, -0.2) is 0 Å². The molecule has 4 rings (SSSR count). The molecule has 1 aliphatic rings. The van der Waals surface area contributed by atoms with Crippen LogP contribution in [0.5, 0.6) is 0 Å². The molecule has 0 bridgehead atoms. The number of thioether (sulfide) groups is 1. The Morgan fingerprint density at radius 1 is 0.923 bits per heavy atom. The molecule has 0 saturated heterocycles. The molecule has 1 heterocycles. The molecule has 4 nitrogen and oxygen atoms in total. The molecule has 0 fully saturated rings. The number of nitro benzene ring substituents is 1. The highest BCUT2D eigenvalue weighted by molar-refractivity contribution is 7.99. The molecule has 3 aromatic carbocycles. The lowest BCUT2D eigenvalue weighted by atomic mass is 10.0. The fourth-order valence-corrected chi connectivity index (χ4v) is 4.25. The average Bonchev–Trinajstić information content (AvgIpc) is 2.88. The molecular weight excluding hydrogens is 344 g/mol. The van der Waals surface area contributed by atoms with Crippen LogP contribution in [-0.4, -0.2) is 10.6 Å². The molecule has 0 aromatic heterocycles. The summed E-state index contributed by atoms with van der Waals surface area (Å²) in [6.45, 7) is 0. The highest BCUT2D eigenvalue weighted by Crippen LogP contribution is 2.45. The molecule has 0 amide bonds. The van der Waals surface area contributed by atoms with E-state index >= 15 is 0 Å². The van der Waals surface area contributed by atoms with Crippen molar-refractivity contribution in [2.75, 3.05) is 0 Å². The summed E-state index contributed by atoms with van der Waals surface area (Å²) < 4.78 is 0. The Labute approximate surface area is 155 Å². The fourth-order valence-electron chi connectivity index (χ4n) is 3.02. The zero-order chi connectivity index (χ0) is 17.9. The molecule has 3 aromatic rings. The van der Waals surface area contributed by atoms with E-state index in [9.17, 15) is 10.1 Å². The quantitative estimate of drug-likeness (QED) is 0.428. The second kappa shape index (κ2) is 7.14. The van der Waals surface area contributed by atoms with E-state index in [1.165, 1.54) is 0 Å². The maximum absolute atomic E-state index is 10.9. The van der Waals surface area contributed by atoms with Crippen molar-refractivity contribution in [2.45, 2.75) is 16.6 Å². The van der Waals surface area contributed by atoms with Gasteiger partial charge in [0.25, 0.3) is 5.69 Å². The molecule has 0 N–H and O–H groups in total. The molecule has 1 aliphatic heterocycles. The van der Waals surface area contributed by atoms with Crippen LogP contribution in [0.3, 0.4) is 0 Å². The summed E-state index contributed by atoms with van der Waals surface area (Å²) in [4.78, 5) is 16.6. The maximum atomic E-state index is 10.9. The molecule has 0 aliphatic carbocycles. The number of rotatable bonds is 3. The highest BCUT2D eigenvalue weighted by Gasteiger charge is 2.22. The maximum Gasteiger partial charge on any atom is 0.269 e. The van der Waals surface area contributed by atoms with E-state index in [1.807, 2.05) is 48.5 Å². The summed E-state index contributed by atoms with van der Waals surface area (Å²) in [5.74, 6) is 0. The van der Waals surface area contributed by atoms with Crippen LogP contribution in [-0.2, 0) is 0 Å². The van der Waals surface area contributed by atoms with Gasteiger partial charge in [-0.15, -0.1) is 11.8 Å². The van der Waals surface area contributed by atoms with Gasteiger partial charge in [0.1, 0.15) is 0 Å². The first-order valence-electron chi connectivity index (χ1n) is 8.34. The fraction of sp³-hybridized carbons (Fsp3) is 0.0952. The van der Waals surface area contributed by atoms with Gasteiger partial charge in [-0.1, -0.05) is 54.6 Å². The van der Waals surface area contributed by atoms with Crippen molar-refractivity contribution in [3.8, 4) is 0 Å². The molecule has 0 spiro atoms. The van der Waals surface area contributed by atoms with Crippen molar-refractivity contribution in [2.24, 2.45) is 4.99 Å². The first kappa shape index (κ1) is 16.5. The minimum Gasteiger partial charge on any atom is -0.258 e. The Balaban J connectivity index is 1.75. The minimum absolute atomic E-state index is 0.115. The number of benzene rings is 3. The lowest BCUT2D eigenvalue weighted by Gasteiger charge is -2.16. The predicted octanol–water partition coefficient (Wildman–Crippen LogP) is 5.95. The van der Waals surface area contributed by atoms with E-state index in [0.717, 1.165) is 33.8 Å². The van der Waals surface area contributed by atoms with Crippen LogP contribution in [0.4, 0.5) is 11.4 Å². The smallest absolute Gasteiger partial charge is 0.258 e. The molecule has 0 radical (unpaired) electrons. The second-order valence-electron chi connectivity index (χ2n) is 6.05. The van der Waals surface area contributed by atoms with E-state index in [4.69, 9.17) is 4.99 Å². The topological polar surface area (TPSA) is 55.5 Å². The second-order valence-corrected chi connectivity index (χ2v) is 7.30. The summed E-state index contributed by atoms with van der Waals surface area (Å²) in [6, 6.07) is 25.2. The summed E-state index contributed by atoms with van der Waals surface area (Å²) in [6.07, 6.45) is 0.765. The predicted molar refractivity (Wildman–Crippen MR) is 105 cm³/mol. The zero-order valence-corrected chi connectivity index (χ0v) is 14.7.